The van der Waals surface area contributed by atoms with Crippen molar-refractivity contribution in [1.82, 2.24) is 0 Å². The van der Waals surface area contributed by atoms with Crippen molar-refractivity contribution >= 4 is 5.97 Å². The highest BCUT2D eigenvalue weighted by molar-refractivity contribution is 5.81. The third-order valence-corrected chi connectivity index (χ3v) is 2.38. The van der Waals surface area contributed by atoms with E-state index in [1.807, 2.05) is 0 Å². The van der Waals surface area contributed by atoms with Gasteiger partial charge in [0.1, 0.15) is 0 Å². The molecule has 24 heavy (non-hydrogen) atoms. The topological polar surface area (TPSA) is 26.3 Å². The number of ether oxygens (including phenoxy) is 1. The molecule has 0 radical (unpaired) electrons. The Hall–Kier alpha value is -1.63. The standard InChI is InChI=1S/C10H6F12O2/c1-2-5(23)24-10(21,22)9(19,20)8(17,18)7(15,16)4(11)3-6(12,13)14/h2,4H,1,3H2. The summed E-state index contributed by atoms with van der Waals surface area (Å²) in [7, 11) is 0. The summed E-state index contributed by atoms with van der Waals surface area (Å²) in [5, 5.41) is 0. The van der Waals surface area contributed by atoms with Gasteiger partial charge in [-0.2, -0.15) is 48.3 Å². The van der Waals surface area contributed by atoms with E-state index in [4.69, 9.17) is 0 Å². The van der Waals surface area contributed by atoms with Crippen LogP contribution in [0.2, 0.25) is 0 Å². The molecule has 0 aliphatic heterocycles. The van der Waals surface area contributed by atoms with Gasteiger partial charge in [-0.25, -0.2) is 9.18 Å². The fraction of sp³-hybridized carbons (Fsp3) is 0.700. The summed E-state index contributed by atoms with van der Waals surface area (Å²) >= 11 is 0. The van der Waals surface area contributed by atoms with Gasteiger partial charge >= 0.3 is 36.0 Å². The highest BCUT2D eigenvalue weighted by Crippen LogP contribution is 2.55. The first-order chi connectivity index (χ1) is 10.3. The minimum Gasteiger partial charge on any atom is -0.393 e. The van der Waals surface area contributed by atoms with Crippen LogP contribution in [0.15, 0.2) is 12.7 Å². The molecule has 0 rings (SSSR count). The van der Waals surface area contributed by atoms with Crippen LogP contribution in [0.1, 0.15) is 6.42 Å². The summed E-state index contributed by atoms with van der Waals surface area (Å²) < 4.78 is 154. The molecule has 14 heteroatoms. The van der Waals surface area contributed by atoms with E-state index in [1.54, 1.807) is 0 Å². The zero-order valence-electron chi connectivity index (χ0n) is 10.9. The highest BCUT2D eigenvalue weighted by Gasteiger charge is 2.84. The van der Waals surface area contributed by atoms with Crippen molar-refractivity contribution < 1.29 is 62.2 Å². The van der Waals surface area contributed by atoms with Crippen LogP contribution in [-0.2, 0) is 9.53 Å². The van der Waals surface area contributed by atoms with E-state index in [0.717, 1.165) is 0 Å². The molecule has 142 valence electrons. The summed E-state index contributed by atoms with van der Waals surface area (Å²) in [6.45, 7) is 2.43. The second-order valence-electron chi connectivity index (χ2n) is 4.20. The predicted octanol–water partition coefficient (Wildman–Crippen LogP) is 4.50. The Labute approximate surface area is 125 Å². The van der Waals surface area contributed by atoms with Crippen LogP contribution in [0.5, 0.6) is 0 Å². The van der Waals surface area contributed by atoms with Gasteiger partial charge in [0.25, 0.3) is 0 Å². The zero-order valence-corrected chi connectivity index (χ0v) is 10.9. The molecule has 0 fully saturated rings. The molecule has 0 aromatic rings. The van der Waals surface area contributed by atoms with E-state index in [9.17, 15) is 57.5 Å². The number of rotatable bonds is 7. The second-order valence-corrected chi connectivity index (χ2v) is 4.20. The molecule has 1 unspecified atom stereocenters. The van der Waals surface area contributed by atoms with Gasteiger partial charge in [0, 0.05) is 6.08 Å². The van der Waals surface area contributed by atoms with Gasteiger partial charge in [-0.05, 0) is 0 Å². The summed E-state index contributed by atoms with van der Waals surface area (Å²) in [6, 6.07) is 0. The first-order valence-electron chi connectivity index (χ1n) is 5.41. The monoisotopic (exact) mass is 386 g/mol. The van der Waals surface area contributed by atoms with Crippen molar-refractivity contribution in [2.45, 2.75) is 42.6 Å². The third kappa shape index (κ3) is 4.06. The van der Waals surface area contributed by atoms with Crippen molar-refractivity contribution in [1.29, 1.82) is 0 Å². The molecule has 0 amide bonds. The van der Waals surface area contributed by atoms with E-state index in [0.29, 0.717) is 0 Å². The van der Waals surface area contributed by atoms with Crippen LogP contribution in [0.25, 0.3) is 0 Å². The number of carbonyl (C=O) groups is 1. The van der Waals surface area contributed by atoms with Crippen LogP contribution in [-0.4, -0.2) is 42.2 Å². The van der Waals surface area contributed by atoms with E-state index in [2.05, 4.69) is 11.3 Å². The molecule has 0 aromatic carbocycles. The largest absolute Gasteiger partial charge is 0.473 e. The van der Waals surface area contributed by atoms with E-state index >= 15 is 0 Å². The molecule has 0 saturated carbocycles. The molecule has 2 nitrogen and oxygen atoms in total. The molecular formula is C10H6F12O2. The molecule has 0 spiro atoms. The average Bonchev–Trinajstić information content (AvgIpc) is 2.35. The molecule has 0 aliphatic carbocycles. The Morgan fingerprint density at radius 3 is 1.67 bits per heavy atom. The van der Waals surface area contributed by atoms with Crippen molar-refractivity contribution in [3.8, 4) is 0 Å². The van der Waals surface area contributed by atoms with E-state index in [-0.39, 0.29) is 6.08 Å². The zero-order chi connectivity index (χ0) is 19.8. The molecule has 0 heterocycles. The lowest BCUT2D eigenvalue weighted by Gasteiger charge is -2.36. The van der Waals surface area contributed by atoms with Gasteiger partial charge < -0.3 is 4.74 Å². The lowest BCUT2D eigenvalue weighted by molar-refractivity contribution is -0.422. The van der Waals surface area contributed by atoms with Crippen molar-refractivity contribution in [3.05, 3.63) is 12.7 Å². The first kappa shape index (κ1) is 22.4. The maximum Gasteiger partial charge on any atom is 0.473 e. The Bertz CT molecular complexity index is 481. The van der Waals surface area contributed by atoms with Crippen LogP contribution in [0.3, 0.4) is 0 Å². The van der Waals surface area contributed by atoms with Crippen molar-refractivity contribution in [3.63, 3.8) is 0 Å². The molecule has 0 bridgehead atoms. The lowest BCUT2D eigenvalue weighted by Crippen LogP contribution is -2.65. The van der Waals surface area contributed by atoms with Crippen LogP contribution in [0.4, 0.5) is 52.7 Å². The van der Waals surface area contributed by atoms with Gasteiger partial charge in [-0.1, -0.05) is 6.58 Å². The molecule has 0 aliphatic rings. The molecule has 0 saturated heterocycles. The fourth-order valence-electron chi connectivity index (χ4n) is 1.15. The predicted molar refractivity (Wildman–Crippen MR) is 51.6 cm³/mol. The Morgan fingerprint density at radius 1 is 0.917 bits per heavy atom. The number of esters is 1. The van der Waals surface area contributed by atoms with Crippen LogP contribution < -0.4 is 0 Å². The maximum atomic E-state index is 13.1. The number of hydrogen-bond acceptors (Lipinski definition) is 2. The SMILES string of the molecule is C=CC(=O)OC(F)(F)C(F)(F)C(F)(F)C(F)(F)C(F)CC(F)(F)F. The smallest absolute Gasteiger partial charge is 0.393 e. The van der Waals surface area contributed by atoms with E-state index < -0.39 is 48.6 Å². The molecule has 0 N–H and O–H groups in total. The second kappa shape index (κ2) is 6.35. The fourth-order valence-corrected chi connectivity index (χ4v) is 1.15. The summed E-state index contributed by atoms with van der Waals surface area (Å²) in [6.07, 6.45) is -21.0. The van der Waals surface area contributed by atoms with Crippen molar-refractivity contribution in [2.75, 3.05) is 0 Å². The minimum absolute atomic E-state index is 0.220. The highest BCUT2D eigenvalue weighted by atomic mass is 19.4. The van der Waals surface area contributed by atoms with Gasteiger partial charge in [0.05, 0.1) is 6.42 Å². The Balaban J connectivity index is 5.81. The normalized spacial score (nSPS) is 15.8. The number of carbonyl (C=O) groups excluding carboxylic acids is 1. The van der Waals surface area contributed by atoms with Gasteiger partial charge in [-0.3, -0.25) is 0 Å². The minimum atomic E-state index is -7.35. The summed E-state index contributed by atoms with van der Waals surface area (Å²) in [5.74, 6) is -23.9. The number of alkyl halides is 12. The summed E-state index contributed by atoms with van der Waals surface area (Å²) in [5.41, 5.74) is 0. The lowest BCUT2D eigenvalue weighted by atomic mass is 9.97. The number of halogens is 12. The van der Waals surface area contributed by atoms with Gasteiger partial charge in [0.2, 0.25) is 0 Å². The summed E-state index contributed by atoms with van der Waals surface area (Å²) in [4.78, 5) is 10.4. The number of hydrogen-bond donors (Lipinski definition) is 0. The van der Waals surface area contributed by atoms with Crippen LogP contribution >= 0.6 is 0 Å². The third-order valence-electron chi connectivity index (χ3n) is 2.38. The van der Waals surface area contributed by atoms with Crippen LogP contribution in [0, 0.1) is 0 Å². The Kier molecular flexibility index (Phi) is 5.92. The Morgan fingerprint density at radius 2 is 1.33 bits per heavy atom. The van der Waals surface area contributed by atoms with Gasteiger partial charge in [0.15, 0.2) is 6.17 Å². The first-order valence-corrected chi connectivity index (χ1v) is 5.41. The quantitative estimate of drug-likeness (QED) is 0.366. The average molecular weight is 386 g/mol. The van der Waals surface area contributed by atoms with Gasteiger partial charge in [-0.15, -0.1) is 0 Å². The van der Waals surface area contributed by atoms with E-state index in [1.165, 1.54) is 0 Å². The maximum absolute atomic E-state index is 13.1. The molecule has 1 atom stereocenters. The molecule has 0 aromatic heterocycles. The van der Waals surface area contributed by atoms with Crippen molar-refractivity contribution in [2.24, 2.45) is 0 Å². The molecular weight excluding hydrogens is 380 g/mol.